The third kappa shape index (κ3) is 6.59. The van der Waals surface area contributed by atoms with Crippen LogP contribution in [0.1, 0.15) is 16.7 Å². The van der Waals surface area contributed by atoms with Crippen LogP contribution in [0.25, 0.3) is 6.08 Å². The normalized spacial score (nSPS) is 10.9. The van der Waals surface area contributed by atoms with Crippen LogP contribution in [0.15, 0.2) is 64.6 Å². The van der Waals surface area contributed by atoms with Crippen molar-refractivity contribution in [1.29, 1.82) is 5.26 Å². The first-order valence-corrected chi connectivity index (χ1v) is 11.3. The molecule has 178 valence electrons. The molecule has 10 heteroatoms. The number of nitrogens with one attached hydrogen (secondary N) is 1. The van der Waals surface area contributed by atoms with E-state index in [1.807, 2.05) is 13.0 Å². The summed E-state index contributed by atoms with van der Waals surface area (Å²) in [6, 6.07) is 16.4. The van der Waals surface area contributed by atoms with E-state index in [9.17, 15) is 20.2 Å². The number of hydrogen-bond acceptors (Lipinski definition) is 6. The van der Waals surface area contributed by atoms with Crippen LogP contribution in [0, 0.1) is 28.4 Å². The minimum absolute atomic E-state index is 0.0344. The number of anilines is 1. The molecule has 0 aliphatic rings. The van der Waals surface area contributed by atoms with Crippen molar-refractivity contribution < 1.29 is 19.2 Å². The first-order valence-electron chi connectivity index (χ1n) is 10.1. The number of carbonyl (C=O) groups excluding carboxylic acids is 1. The van der Waals surface area contributed by atoms with Crippen molar-refractivity contribution in [3.8, 4) is 17.6 Å². The van der Waals surface area contributed by atoms with Crippen molar-refractivity contribution in [2.24, 2.45) is 0 Å². The maximum atomic E-state index is 12.7. The molecule has 0 heterocycles. The number of amides is 1. The number of methoxy groups -OCH3 is 1. The Hall–Kier alpha value is -3.87. The maximum absolute atomic E-state index is 12.7. The summed E-state index contributed by atoms with van der Waals surface area (Å²) in [6.45, 7) is 1.88. The maximum Gasteiger partial charge on any atom is 0.269 e. The average molecular weight is 557 g/mol. The Morgan fingerprint density at radius 2 is 2.03 bits per heavy atom. The molecule has 0 aromatic heterocycles. The molecule has 0 saturated carbocycles. The Balaban J connectivity index is 1.83. The molecule has 3 rings (SSSR count). The first kappa shape index (κ1) is 25.7. The molecular formula is C25H19BrClN3O5. The number of halogens is 2. The van der Waals surface area contributed by atoms with Crippen molar-refractivity contribution in [3.63, 3.8) is 0 Å². The molecule has 1 N–H and O–H groups in total. The highest BCUT2D eigenvalue weighted by Gasteiger charge is 2.15. The predicted molar refractivity (Wildman–Crippen MR) is 137 cm³/mol. The molecule has 8 nitrogen and oxygen atoms in total. The zero-order valence-electron chi connectivity index (χ0n) is 18.7. The lowest BCUT2D eigenvalue weighted by Gasteiger charge is -2.14. The van der Waals surface area contributed by atoms with Gasteiger partial charge in [-0.2, -0.15) is 5.26 Å². The Kier molecular flexibility index (Phi) is 8.47. The SMILES string of the molecule is COc1cc(/C=C(\C#N)C(=O)Nc2cc(Cl)ccc2C)cc(Br)c1OCc1cccc([N+](=O)[O-])c1. The smallest absolute Gasteiger partial charge is 0.269 e. The highest BCUT2D eigenvalue weighted by atomic mass is 79.9. The Morgan fingerprint density at radius 1 is 1.26 bits per heavy atom. The van der Waals surface area contributed by atoms with E-state index >= 15 is 0 Å². The zero-order chi connectivity index (χ0) is 25.5. The largest absolute Gasteiger partial charge is 0.493 e. The van der Waals surface area contributed by atoms with Crippen LogP contribution in [0.5, 0.6) is 11.5 Å². The van der Waals surface area contributed by atoms with Gasteiger partial charge in [-0.05, 0) is 69.9 Å². The van der Waals surface area contributed by atoms with Crippen LogP contribution in [-0.2, 0) is 11.4 Å². The molecule has 35 heavy (non-hydrogen) atoms. The summed E-state index contributed by atoms with van der Waals surface area (Å²) in [4.78, 5) is 23.2. The van der Waals surface area contributed by atoms with Crippen LogP contribution < -0.4 is 14.8 Å². The summed E-state index contributed by atoms with van der Waals surface area (Å²) in [5, 5.41) is 23.7. The van der Waals surface area contributed by atoms with Gasteiger partial charge in [0.15, 0.2) is 11.5 Å². The molecule has 0 fully saturated rings. The molecule has 0 unspecified atom stereocenters. The third-order valence-electron chi connectivity index (χ3n) is 4.88. The molecule has 3 aromatic rings. The van der Waals surface area contributed by atoms with Crippen LogP contribution in [0.4, 0.5) is 11.4 Å². The third-order valence-corrected chi connectivity index (χ3v) is 5.70. The van der Waals surface area contributed by atoms with E-state index in [1.165, 1.54) is 25.3 Å². The molecule has 0 atom stereocenters. The fourth-order valence-electron chi connectivity index (χ4n) is 3.11. The average Bonchev–Trinajstić information content (AvgIpc) is 2.83. The lowest BCUT2D eigenvalue weighted by Crippen LogP contribution is -2.14. The van der Waals surface area contributed by atoms with Gasteiger partial charge in [0.05, 0.1) is 16.5 Å². The number of nitro benzene ring substituents is 1. The minimum Gasteiger partial charge on any atom is -0.493 e. The van der Waals surface area contributed by atoms with Gasteiger partial charge in [0, 0.05) is 22.8 Å². The van der Waals surface area contributed by atoms with E-state index in [1.54, 1.807) is 42.5 Å². The summed E-state index contributed by atoms with van der Waals surface area (Å²) in [7, 11) is 1.45. The van der Waals surface area contributed by atoms with Gasteiger partial charge in [-0.1, -0.05) is 29.8 Å². The Bertz CT molecular complexity index is 1370. The molecule has 0 spiro atoms. The zero-order valence-corrected chi connectivity index (χ0v) is 21.0. The van der Waals surface area contributed by atoms with E-state index < -0.39 is 10.8 Å². The highest BCUT2D eigenvalue weighted by Crippen LogP contribution is 2.38. The summed E-state index contributed by atoms with van der Waals surface area (Å²) in [5.41, 5.74) is 2.28. The van der Waals surface area contributed by atoms with Crippen molar-refractivity contribution in [1.82, 2.24) is 0 Å². The Labute approximate surface area is 215 Å². The van der Waals surface area contributed by atoms with Gasteiger partial charge in [-0.15, -0.1) is 0 Å². The molecule has 3 aromatic carbocycles. The van der Waals surface area contributed by atoms with E-state index in [2.05, 4.69) is 21.2 Å². The predicted octanol–water partition coefficient (Wildman–Crippen LogP) is 6.45. The molecule has 0 aliphatic heterocycles. The van der Waals surface area contributed by atoms with Crippen LogP contribution in [-0.4, -0.2) is 17.9 Å². The second-order valence-corrected chi connectivity index (χ2v) is 8.62. The van der Waals surface area contributed by atoms with Crippen LogP contribution >= 0.6 is 27.5 Å². The number of benzene rings is 3. The first-order chi connectivity index (χ1) is 16.7. The number of hydrogen-bond donors (Lipinski definition) is 1. The van der Waals surface area contributed by atoms with Crippen molar-refractivity contribution in [3.05, 3.63) is 96.5 Å². The number of nitro groups is 1. The topological polar surface area (TPSA) is 114 Å². The summed E-state index contributed by atoms with van der Waals surface area (Å²) >= 11 is 9.43. The number of aryl methyl sites for hydroxylation is 1. The number of nitriles is 1. The Morgan fingerprint density at radius 3 is 2.71 bits per heavy atom. The van der Waals surface area contributed by atoms with Gasteiger partial charge in [-0.3, -0.25) is 14.9 Å². The second-order valence-electron chi connectivity index (χ2n) is 7.33. The standard InChI is InChI=1S/C25H19BrClN3O5/c1-15-6-7-19(27)12-22(15)29-25(31)18(13-28)8-17-10-21(26)24(23(11-17)34-2)35-14-16-4-3-5-20(9-16)30(32)33/h3-12H,14H2,1-2H3,(H,29,31)/b18-8+. The molecule has 0 bridgehead atoms. The van der Waals surface area contributed by atoms with Gasteiger partial charge in [0.2, 0.25) is 0 Å². The van der Waals surface area contributed by atoms with Gasteiger partial charge >= 0.3 is 0 Å². The number of rotatable bonds is 8. The minimum atomic E-state index is -0.584. The number of non-ortho nitro benzene ring substituents is 1. The van der Waals surface area contributed by atoms with Crippen molar-refractivity contribution >= 4 is 50.9 Å². The lowest BCUT2D eigenvalue weighted by atomic mass is 10.1. The monoisotopic (exact) mass is 555 g/mol. The molecule has 0 aliphatic carbocycles. The van der Waals surface area contributed by atoms with E-state index in [4.69, 9.17) is 21.1 Å². The number of nitrogens with zero attached hydrogens (tertiary/aromatic N) is 2. The van der Waals surface area contributed by atoms with Crippen LogP contribution in [0.2, 0.25) is 5.02 Å². The van der Waals surface area contributed by atoms with Crippen molar-refractivity contribution in [2.75, 3.05) is 12.4 Å². The summed E-state index contributed by atoms with van der Waals surface area (Å²) in [6.07, 6.45) is 1.42. The summed E-state index contributed by atoms with van der Waals surface area (Å²) in [5.74, 6) is 0.132. The lowest BCUT2D eigenvalue weighted by molar-refractivity contribution is -0.384. The van der Waals surface area contributed by atoms with Gasteiger partial charge < -0.3 is 14.8 Å². The fraction of sp³-hybridized carbons (Fsp3) is 0.120. The fourth-order valence-corrected chi connectivity index (χ4v) is 3.86. The van der Waals surface area contributed by atoms with E-state index in [-0.39, 0.29) is 17.9 Å². The molecule has 0 radical (unpaired) electrons. The highest BCUT2D eigenvalue weighted by molar-refractivity contribution is 9.10. The van der Waals surface area contributed by atoms with Crippen LogP contribution in [0.3, 0.4) is 0 Å². The quantitative estimate of drug-likeness (QED) is 0.148. The van der Waals surface area contributed by atoms with Gasteiger partial charge in [0.1, 0.15) is 18.2 Å². The molecule has 0 saturated heterocycles. The number of carbonyl (C=O) groups is 1. The van der Waals surface area contributed by atoms with Gasteiger partial charge in [-0.25, -0.2) is 0 Å². The number of ether oxygens (including phenoxy) is 2. The van der Waals surface area contributed by atoms with Gasteiger partial charge in [0.25, 0.3) is 11.6 Å². The summed E-state index contributed by atoms with van der Waals surface area (Å²) < 4.78 is 11.8. The van der Waals surface area contributed by atoms with E-state index in [0.717, 1.165) is 5.56 Å². The van der Waals surface area contributed by atoms with Crippen molar-refractivity contribution in [2.45, 2.75) is 13.5 Å². The van der Waals surface area contributed by atoms with E-state index in [0.29, 0.717) is 37.8 Å². The molecular weight excluding hydrogens is 538 g/mol. The second kappa shape index (κ2) is 11.5. The molecule has 1 amide bonds.